The number of nitrogens with zero attached hydrogens (tertiary/aromatic N) is 6. The number of aromatic amines is 1. The lowest BCUT2D eigenvalue weighted by atomic mass is 9.83. The number of carbonyl (C=O) groups excluding carboxylic acids is 1. The maximum Gasteiger partial charge on any atom is 0.247 e. The fourth-order valence-corrected chi connectivity index (χ4v) is 3.92. The molecule has 1 saturated carbocycles. The molecule has 1 amide bonds. The minimum Gasteiger partial charge on any atom is -0.335 e. The second-order valence-electron chi connectivity index (χ2n) is 7.08. The number of amides is 1. The largest absolute Gasteiger partial charge is 0.335 e. The molecule has 2 aliphatic rings. The molecule has 2 fully saturated rings. The number of carbonyl (C=O) groups is 1. The van der Waals surface area contributed by atoms with Crippen LogP contribution in [-0.2, 0) is 11.8 Å². The number of nitriles is 1. The molecule has 4 heterocycles. The van der Waals surface area contributed by atoms with Gasteiger partial charge in [0.05, 0.1) is 23.5 Å². The highest BCUT2D eigenvalue weighted by molar-refractivity contribution is 6.06. The van der Waals surface area contributed by atoms with Gasteiger partial charge in [-0.1, -0.05) is 0 Å². The zero-order chi connectivity index (χ0) is 17.9. The Labute approximate surface area is 149 Å². The van der Waals surface area contributed by atoms with Crippen LogP contribution in [0, 0.1) is 22.7 Å². The summed E-state index contributed by atoms with van der Waals surface area (Å²) in [5.74, 6) is 0.774. The highest BCUT2D eigenvalue weighted by Crippen LogP contribution is 2.52. The molecule has 0 unspecified atom stereocenters. The van der Waals surface area contributed by atoms with Gasteiger partial charge in [0.25, 0.3) is 0 Å². The third-order valence-corrected chi connectivity index (χ3v) is 5.47. The van der Waals surface area contributed by atoms with Gasteiger partial charge < -0.3 is 9.88 Å². The molecule has 0 spiro atoms. The quantitative estimate of drug-likeness (QED) is 0.780. The lowest BCUT2D eigenvalue weighted by molar-refractivity contribution is -0.123. The molecule has 0 bridgehead atoms. The smallest absolute Gasteiger partial charge is 0.247 e. The van der Waals surface area contributed by atoms with Crippen molar-refractivity contribution in [2.24, 2.45) is 18.4 Å². The van der Waals surface area contributed by atoms with Gasteiger partial charge in [-0.3, -0.25) is 9.48 Å². The van der Waals surface area contributed by atoms with Crippen LogP contribution in [0.2, 0.25) is 0 Å². The van der Waals surface area contributed by atoms with Gasteiger partial charge in [-0.2, -0.15) is 10.4 Å². The number of fused-ring (bicyclic) bond motifs is 1. The van der Waals surface area contributed by atoms with Crippen molar-refractivity contribution in [3.8, 4) is 17.5 Å². The first kappa shape index (κ1) is 15.1. The molecule has 0 aromatic carbocycles. The zero-order valence-electron chi connectivity index (χ0n) is 14.3. The van der Waals surface area contributed by atoms with E-state index in [0.717, 1.165) is 24.1 Å². The molecule has 26 heavy (non-hydrogen) atoms. The average molecular weight is 347 g/mol. The van der Waals surface area contributed by atoms with Gasteiger partial charge in [0.2, 0.25) is 5.91 Å². The Bertz CT molecular complexity index is 1070. The third kappa shape index (κ3) is 2.00. The van der Waals surface area contributed by atoms with Crippen LogP contribution in [0.1, 0.15) is 19.3 Å². The van der Waals surface area contributed by atoms with Gasteiger partial charge in [-0.15, -0.1) is 0 Å². The number of pyridine rings is 1. The molecule has 1 aliphatic heterocycles. The summed E-state index contributed by atoms with van der Waals surface area (Å²) < 4.78 is 1.71. The van der Waals surface area contributed by atoms with E-state index in [9.17, 15) is 10.1 Å². The lowest BCUT2D eigenvalue weighted by Gasteiger charge is -2.21. The Hall–Kier alpha value is -3.21. The summed E-state index contributed by atoms with van der Waals surface area (Å²) in [6.45, 7) is 0.545. The predicted octanol–water partition coefficient (Wildman–Crippen LogP) is 2.02. The van der Waals surface area contributed by atoms with E-state index < -0.39 is 5.41 Å². The monoisotopic (exact) mass is 347 g/mol. The van der Waals surface area contributed by atoms with Crippen LogP contribution in [0.3, 0.4) is 0 Å². The number of H-pyrrole nitrogens is 1. The molecule has 5 rings (SSSR count). The molecule has 1 saturated heterocycles. The van der Waals surface area contributed by atoms with E-state index in [1.54, 1.807) is 22.0 Å². The SMILES string of the molecule is Cn1cc(-c2nc3nccc(N4CC[C@@](C#N)(C5CC5)C4=O)c3[nH]2)cn1. The minimum absolute atomic E-state index is 0.0903. The van der Waals surface area contributed by atoms with E-state index in [0.29, 0.717) is 30.0 Å². The summed E-state index contributed by atoms with van der Waals surface area (Å²) in [5.41, 5.74) is 2.00. The Morgan fingerprint density at radius 3 is 2.96 bits per heavy atom. The van der Waals surface area contributed by atoms with Crippen molar-refractivity contribution >= 4 is 22.8 Å². The number of nitrogens with one attached hydrogen (secondary N) is 1. The highest BCUT2D eigenvalue weighted by atomic mass is 16.2. The van der Waals surface area contributed by atoms with Gasteiger partial charge >= 0.3 is 0 Å². The van der Waals surface area contributed by atoms with Crippen molar-refractivity contribution in [3.05, 3.63) is 24.7 Å². The molecular weight excluding hydrogens is 330 g/mol. The number of hydrogen-bond acceptors (Lipinski definition) is 5. The van der Waals surface area contributed by atoms with Crippen LogP contribution in [0.25, 0.3) is 22.6 Å². The summed E-state index contributed by atoms with van der Waals surface area (Å²) in [4.78, 5) is 27.0. The molecule has 130 valence electrons. The Morgan fingerprint density at radius 1 is 1.42 bits per heavy atom. The normalized spacial score (nSPS) is 22.9. The van der Waals surface area contributed by atoms with Crippen molar-refractivity contribution < 1.29 is 4.79 Å². The molecule has 3 aromatic heterocycles. The second kappa shape index (κ2) is 5.14. The molecule has 0 radical (unpaired) electrons. The summed E-state index contributed by atoms with van der Waals surface area (Å²) in [6, 6.07) is 4.14. The number of aromatic nitrogens is 5. The number of hydrogen-bond donors (Lipinski definition) is 1. The Balaban J connectivity index is 1.58. The summed E-state index contributed by atoms with van der Waals surface area (Å²) >= 11 is 0. The first-order chi connectivity index (χ1) is 12.6. The molecule has 1 aliphatic carbocycles. The van der Waals surface area contributed by atoms with E-state index in [2.05, 4.69) is 26.1 Å². The summed E-state index contributed by atoms with van der Waals surface area (Å²) in [6.07, 6.45) is 7.77. The maximum atomic E-state index is 13.1. The van der Waals surface area contributed by atoms with Crippen LogP contribution in [0.15, 0.2) is 24.7 Å². The van der Waals surface area contributed by atoms with Crippen LogP contribution < -0.4 is 4.90 Å². The fourth-order valence-electron chi connectivity index (χ4n) is 3.92. The van der Waals surface area contributed by atoms with Crippen molar-refractivity contribution in [1.82, 2.24) is 24.7 Å². The first-order valence-corrected chi connectivity index (χ1v) is 8.69. The standard InChI is InChI=1S/C18H17N7O/c1-24-9-11(8-21-24)15-22-14-13(4-6-20-16(14)23-15)25-7-5-18(10-19,17(25)26)12-2-3-12/h4,6,8-9,12H,2-3,5,7H2,1H3,(H,20,22,23)/t18-/m1/s1. The molecule has 1 atom stereocenters. The number of anilines is 1. The fraction of sp³-hybridized carbons (Fsp3) is 0.389. The number of rotatable bonds is 3. The Kier molecular flexibility index (Phi) is 2.98. The molecule has 8 heteroatoms. The summed E-state index contributed by atoms with van der Waals surface area (Å²) in [5, 5.41) is 13.9. The van der Waals surface area contributed by atoms with Gasteiger partial charge in [0, 0.05) is 26.0 Å². The summed E-state index contributed by atoms with van der Waals surface area (Å²) in [7, 11) is 1.85. The third-order valence-electron chi connectivity index (χ3n) is 5.47. The molecular formula is C18H17N7O. The predicted molar refractivity (Wildman–Crippen MR) is 93.8 cm³/mol. The van der Waals surface area contributed by atoms with Crippen molar-refractivity contribution in [2.45, 2.75) is 19.3 Å². The Morgan fingerprint density at radius 2 is 2.27 bits per heavy atom. The van der Waals surface area contributed by atoms with Gasteiger partial charge in [-0.25, -0.2) is 9.97 Å². The average Bonchev–Trinajstić information content (AvgIpc) is 3.12. The van der Waals surface area contributed by atoms with E-state index in [1.807, 2.05) is 19.3 Å². The van der Waals surface area contributed by atoms with E-state index in [1.165, 1.54) is 0 Å². The van der Waals surface area contributed by atoms with Gasteiger partial charge in [0.1, 0.15) is 16.8 Å². The molecule has 3 aromatic rings. The lowest BCUT2D eigenvalue weighted by Crippen LogP contribution is -2.35. The number of imidazole rings is 1. The highest BCUT2D eigenvalue weighted by Gasteiger charge is 2.57. The van der Waals surface area contributed by atoms with Crippen LogP contribution in [-0.4, -0.2) is 37.2 Å². The zero-order valence-corrected chi connectivity index (χ0v) is 14.3. The minimum atomic E-state index is -0.859. The van der Waals surface area contributed by atoms with Gasteiger partial charge in [0.15, 0.2) is 5.65 Å². The van der Waals surface area contributed by atoms with Crippen molar-refractivity contribution in [1.29, 1.82) is 5.26 Å². The topological polar surface area (TPSA) is 103 Å². The second-order valence-corrected chi connectivity index (χ2v) is 7.08. The van der Waals surface area contributed by atoms with Crippen molar-refractivity contribution in [2.75, 3.05) is 11.4 Å². The van der Waals surface area contributed by atoms with Crippen molar-refractivity contribution in [3.63, 3.8) is 0 Å². The maximum absolute atomic E-state index is 13.1. The molecule has 8 nitrogen and oxygen atoms in total. The first-order valence-electron chi connectivity index (χ1n) is 8.69. The van der Waals surface area contributed by atoms with Gasteiger partial charge in [-0.05, 0) is 31.2 Å². The van der Waals surface area contributed by atoms with Crippen LogP contribution in [0.4, 0.5) is 5.69 Å². The van der Waals surface area contributed by atoms with Crippen LogP contribution in [0.5, 0.6) is 0 Å². The van der Waals surface area contributed by atoms with E-state index in [4.69, 9.17) is 0 Å². The number of aryl methyl sites for hydroxylation is 1. The van der Waals surface area contributed by atoms with E-state index >= 15 is 0 Å². The van der Waals surface area contributed by atoms with E-state index in [-0.39, 0.29) is 11.8 Å². The molecule has 1 N–H and O–H groups in total. The van der Waals surface area contributed by atoms with Crippen LogP contribution >= 0.6 is 0 Å².